The van der Waals surface area contributed by atoms with E-state index in [4.69, 9.17) is 16.3 Å². The van der Waals surface area contributed by atoms with Gasteiger partial charge in [-0.15, -0.1) is 0 Å². The predicted molar refractivity (Wildman–Crippen MR) is 89.3 cm³/mol. The van der Waals surface area contributed by atoms with Crippen molar-refractivity contribution in [3.8, 4) is 5.75 Å². The monoisotopic (exact) mass is 317 g/mol. The average molecular weight is 318 g/mol. The van der Waals surface area contributed by atoms with Crippen molar-refractivity contribution in [2.45, 2.75) is 25.8 Å². The second-order valence-electron chi connectivity index (χ2n) is 5.10. The number of halogens is 1. The number of hydrogen-bond acceptors (Lipinski definition) is 2. The van der Waals surface area contributed by atoms with E-state index in [0.29, 0.717) is 11.4 Å². The summed E-state index contributed by atoms with van der Waals surface area (Å²) in [6.07, 6.45) is 1.18. The number of nitrogens with one attached hydrogen (secondary N) is 1. The third kappa shape index (κ3) is 4.50. The summed E-state index contributed by atoms with van der Waals surface area (Å²) in [6.45, 7) is 2.05. The maximum atomic E-state index is 12.2. The van der Waals surface area contributed by atoms with Crippen LogP contribution in [0.2, 0.25) is 5.02 Å². The van der Waals surface area contributed by atoms with Gasteiger partial charge in [0.25, 0.3) is 0 Å². The molecule has 0 spiro atoms. The molecule has 0 aromatic heterocycles. The zero-order valence-corrected chi connectivity index (χ0v) is 13.6. The zero-order valence-electron chi connectivity index (χ0n) is 12.8. The first kappa shape index (κ1) is 16.4. The molecule has 0 bridgehead atoms. The number of amides is 1. The molecule has 2 aromatic carbocycles. The van der Waals surface area contributed by atoms with Crippen LogP contribution in [-0.4, -0.2) is 13.0 Å². The van der Waals surface area contributed by atoms with E-state index in [0.717, 1.165) is 23.3 Å². The van der Waals surface area contributed by atoms with Crippen LogP contribution in [0.25, 0.3) is 0 Å². The molecule has 1 atom stereocenters. The highest BCUT2D eigenvalue weighted by Crippen LogP contribution is 2.19. The van der Waals surface area contributed by atoms with Crippen LogP contribution in [0.5, 0.6) is 5.75 Å². The third-order valence-corrected chi connectivity index (χ3v) is 3.79. The largest absolute Gasteiger partial charge is 0.497 e. The van der Waals surface area contributed by atoms with Crippen molar-refractivity contribution in [3.63, 3.8) is 0 Å². The smallest absolute Gasteiger partial charge is 0.224 e. The Kier molecular flexibility index (Phi) is 5.84. The Hall–Kier alpha value is -2.00. The molecule has 2 rings (SSSR count). The summed E-state index contributed by atoms with van der Waals surface area (Å²) in [6, 6.07) is 15.1. The first-order valence-electron chi connectivity index (χ1n) is 7.30. The number of carbonyl (C=O) groups excluding carboxylic acids is 1. The van der Waals surface area contributed by atoms with Gasteiger partial charge in [0.05, 0.1) is 19.6 Å². The average Bonchev–Trinajstić information content (AvgIpc) is 2.54. The molecule has 0 aliphatic rings. The van der Waals surface area contributed by atoms with Crippen LogP contribution in [0.1, 0.15) is 30.5 Å². The molecule has 1 N–H and O–H groups in total. The Morgan fingerprint density at radius 1 is 1.14 bits per heavy atom. The minimum absolute atomic E-state index is 0.00279. The fourth-order valence-corrected chi connectivity index (χ4v) is 2.42. The van der Waals surface area contributed by atoms with Crippen LogP contribution in [0.15, 0.2) is 48.5 Å². The minimum atomic E-state index is 0.00279. The van der Waals surface area contributed by atoms with Gasteiger partial charge in [-0.1, -0.05) is 42.8 Å². The van der Waals surface area contributed by atoms with E-state index in [9.17, 15) is 4.79 Å². The van der Waals surface area contributed by atoms with E-state index in [-0.39, 0.29) is 11.9 Å². The summed E-state index contributed by atoms with van der Waals surface area (Å²) in [4.78, 5) is 12.2. The van der Waals surface area contributed by atoms with Gasteiger partial charge in [-0.05, 0) is 41.8 Å². The topological polar surface area (TPSA) is 38.3 Å². The fraction of sp³-hybridized carbons (Fsp3) is 0.278. The quantitative estimate of drug-likeness (QED) is 0.868. The molecule has 0 saturated heterocycles. The zero-order chi connectivity index (χ0) is 15.9. The van der Waals surface area contributed by atoms with Gasteiger partial charge in [0, 0.05) is 5.02 Å². The van der Waals surface area contributed by atoms with Crippen molar-refractivity contribution in [2.75, 3.05) is 7.11 Å². The minimum Gasteiger partial charge on any atom is -0.497 e. The van der Waals surface area contributed by atoms with E-state index >= 15 is 0 Å². The highest BCUT2D eigenvalue weighted by Gasteiger charge is 2.13. The standard InChI is InChI=1S/C18H20ClNO2/c1-3-17(14-6-8-15(19)9-7-14)20-18(21)12-13-4-10-16(22-2)11-5-13/h4-11,17H,3,12H2,1-2H3,(H,20,21). The molecule has 0 saturated carbocycles. The highest BCUT2D eigenvalue weighted by molar-refractivity contribution is 6.30. The Labute approximate surface area is 136 Å². The molecule has 0 radical (unpaired) electrons. The Bertz CT molecular complexity index is 608. The number of ether oxygens (including phenoxy) is 1. The molecule has 3 nitrogen and oxygen atoms in total. The normalized spacial score (nSPS) is 11.8. The number of carbonyl (C=O) groups is 1. The van der Waals surface area contributed by atoms with Crippen molar-refractivity contribution in [1.82, 2.24) is 5.32 Å². The predicted octanol–water partition coefficient (Wildman–Crippen LogP) is 4.16. The number of hydrogen-bond donors (Lipinski definition) is 1. The fourth-order valence-electron chi connectivity index (χ4n) is 2.29. The molecule has 0 heterocycles. The molecule has 0 aliphatic heterocycles. The maximum Gasteiger partial charge on any atom is 0.224 e. The molecule has 0 aliphatic carbocycles. The lowest BCUT2D eigenvalue weighted by Gasteiger charge is -2.17. The van der Waals surface area contributed by atoms with Crippen molar-refractivity contribution in [3.05, 3.63) is 64.7 Å². The molecule has 0 fully saturated rings. The summed E-state index contributed by atoms with van der Waals surface area (Å²) in [7, 11) is 1.62. The van der Waals surface area contributed by atoms with Crippen LogP contribution < -0.4 is 10.1 Å². The summed E-state index contributed by atoms with van der Waals surface area (Å²) in [5, 5.41) is 3.76. The summed E-state index contributed by atoms with van der Waals surface area (Å²) in [5.41, 5.74) is 2.03. The maximum absolute atomic E-state index is 12.2. The summed E-state index contributed by atoms with van der Waals surface area (Å²) in [5.74, 6) is 0.795. The molecule has 1 unspecified atom stereocenters. The van der Waals surface area contributed by atoms with Crippen LogP contribution >= 0.6 is 11.6 Å². The van der Waals surface area contributed by atoms with Gasteiger partial charge >= 0.3 is 0 Å². The first-order valence-corrected chi connectivity index (χ1v) is 7.68. The molecule has 22 heavy (non-hydrogen) atoms. The second kappa shape index (κ2) is 7.85. The molecule has 1 amide bonds. The van der Waals surface area contributed by atoms with Crippen molar-refractivity contribution in [2.24, 2.45) is 0 Å². The number of rotatable bonds is 6. The van der Waals surface area contributed by atoms with E-state index in [1.54, 1.807) is 7.11 Å². The van der Waals surface area contributed by atoms with Crippen LogP contribution in [0, 0.1) is 0 Å². The van der Waals surface area contributed by atoms with E-state index in [2.05, 4.69) is 5.32 Å². The highest BCUT2D eigenvalue weighted by atomic mass is 35.5. The van der Waals surface area contributed by atoms with E-state index < -0.39 is 0 Å². The van der Waals surface area contributed by atoms with Gasteiger partial charge in [-0.2, -0.15) is 0 Å². The van der Waals surface area contributed by atoms with Crippen molar-refractivity contribution in [1.29, 1.82) is 0 Å². The molecular weight excluding hydrogens is 298 g/mol. The van der Waals surface area contributed by atoms with Gasteiger partial charge < -0.3 is 10.1 Å². The number of methoxy groups -OCH3 is 1. The first-order chi connectivity index (χ1) is 10.6. The van der Waals surface area contributed by atoms with Gasteiger partial charge in [0.2, 0.25) is 5.91 Å². The Morgan fingerprint density at radius 2 is 1.77 bits per heavy atom. The SMILES string of the molecule is CCC(NC(=O)Cc1ccc(OC)cc1)c1ccc(Cl)cc1. The molecule has 116 valence electrons. The van der Waals surface area contributed by atoms with Crippen LogP contribution in [0.3, 0.4) is 0 Å². The Morgan fingerprint density at radius 3 is 2.32 bits per heavy atom. The second-order valence-corrected chi connectivity index (χ2v) is 5.54. The van der Waals surface area contributed by atoms with Gasteiger partial charge in [-0.3, -0.25) is 4.79 Å². The van der Waals surface area contributed by atoms with Gasteiger partial charge in [0.15, 0.2) is 0 Å². The summed E-state index contributed by atoms with van der Waals surface area (Å²) < 4.78 is 5.11. The van der Waals surface area contributed by atoms with Crippen molar-refractivity contribution < 1.29 is 9.53 Å². The van der Waals surface area contributed by atoms with Crippen molar-refractivity contribution >= 4 is 17.5 Å². The molecular formula is C18H20ClNO2. The van der Waals surface area contributed by atoms with E-state index in [1.807, 2.05) is 55.5 Å². The molecule has 2 aromatic rings. The molecule has 4 heteroatoms. The van der Waals surface area contributed by atoms with Crippen LogP contribution in [-0.2, 0) is 11.2 Å². The lowest BCUT2D eigenvalue weighted by molar-refractivity contribution is -0.121. The van der Waals surface area contributed by atoms with Gasteiger partial charge in [-0.25, -0.2) is 0 Å². The van der Waals surface area contributed by atoms with Gasteiger partial charge in [0.1, 0.15) is 5.75 Å². The third-order valence-electron chi connectivity index (χ3n) is 3.54. The Balaban J connectivity index is 1.98. The van der Waals surface area contributed by atoms with Crippen LogP contribution in [0.4, 0.5) is 0 Å². The van der Waals surface area contributed by atoms with E-state index in [1.165, 1.54) is 0 Å². The lowest BCUT2D eigenvalue weighted by atomic mass is 10.0. The summed E-state index contributed by atoms with van der Waals surface area (Å²) >= 11 is 5.90. The number of benzene rings is 2. The lowest BCUT2D eigenvalue weighted by Crippen LogP contribution is -2.29.